The molecule has 25 heavy (non-hydrogen) atoms. The van der Waals surface area contributed by atoms with E-state index in [0.717, 1.165) is 25.8 Å². The maximum atomic E-state index is 12.3. The molecule has 1 aromatic rings. The van der Waals surface area contributed by atoms with Gasteiger partial charge in [0.25, 0.3) is 0 Å². The average molecular weight is 367 g/mol. The maximum Gasteiger partial charge on any atom is 0.223 e. The van der Waals surface area contributed by atoms with Crippen LogP contribution in [0.25, 0.3) is 0 Å². The molecular formula is C20H31ClN2O2. The first-order valence-electron chi connectivity index (χ1n) is 9.27. The molecule has 0 aliphatic carbocycles. The molecule has 1 saturated heterocycles. The van der Waals surface area contributed by atoms with Crippen LogP contribution in [0, 0.1) is 0 Å². The van der Waals surface area contributed by atoms with Gasteiger partial charge in [0.1, 0.15) is 0 Å². The van der Waals surface area contributed by atoms with Crippen LogP contribution < -0.4 is 5.73 Å². The molecule has 0 bridgehead atoms. The number of benzene rings is 1. The summed E-state index contributed by atoms with van der Waals surface area (Å²) in [5.41, 5.74) is 7.69. The minimum absolute atomic E-state index is 0. The molecule has 140 valence electrons. The average Bonchev–Trinajstić information content (AvgIpc) is 3.09. The number of carbonyl (C=O) groups excluding carboxylic acids is 2. The molecule has 0 spiro atoms. The van der Waals surface area contributed by atoms with E-state index in [1.165, 1.54) is 24.8 Å². The van der Waals surface area contributed by atoms with Gasteiger partial charge in [-0.25, -0.2) is 0 Å². The number of rotatable bonds is 9. The van der Waals surface area contributed by atoms with Crippen LogP contribution in [0.1, 0.15) is 67.8 Å². The smallest absolute Gasteiger partial charge is 0.223 e. The third kappa shape index (κ3) is 6.44. The number of aryl methyl sites for hydroxylation is 1. The Morgan fingerprint density at radius 3 is 2.52 bits per heavy atom. The van der Waals surface area contributed by atoms with Crippen molar-refractivity contribution in [2.24, 2.45) is 5.73 Å². The third-order valence-corrected chi connectivity index (χ3v) is 4.88. The van der Waals surface area contributed by atoms with E-state index in [9.17, 15) is 9.59 Å². The molecule has 5 heteroatoms. The Bertz CT molecular complexity index is 545. The van der Waals surface area contributed by atoms with Crippen LogP contribution in [0.15, 0.2) is 24.3 Å². The van der Waals surface area contributed by atoms with Crippen LogP contribution in [-0.2, 0) is 11.2 Å². The second kappa shape index (κ2) is 11.3. The van der Waals surface area contributed by atoms with Crippen molar-refractivity contribution in [2.45, 2.75) is 64.3 Å². The molecule has 1 atom stereocenters. The van der Waals surface area contributed by atoms with Crippen molar-refractivity contribution in [2.75, 3.05) is 13.1 Å². The lowest BCUT2D eigenvalue weighted by atomic mass is 10.0. The zero-order valence-electron chi connectivity index (χ0n) is 15.2. The highest BCUT2D eigenvalue weighted by Gasteiger charge is 2.27. The maximum absolute atomic E-state index is 12.3. The highest BCUT2D eigenvalue weighted by atomic mass is 35.5. The first-order chi connectivity index (χ1) is 11.7. The monoisotopic (exact) mass is 366 g/mol. The summed E-state index contributed by atoms with van der Waals surface area (Å²) in [4.78, 5) is 26.4. The SMILES string of the molecule is CCCCCc1ccc(C(=O)CCC(=O)N2CCCC2CN)cc1.Cl. The number of amides is 1. The molecule has 4 nitrogen and oxygen atoms in total. The van der Waals surface area contributed by atoms with E-state index in [-0.39, 0.29) is 43.0 Å². The fourth-order valence-corrected chi connectivity index (χ4v) is 3.35. The van der Waals surface area contributed by atoms with E-state index in [2.05, 4.69) is 6.92 Å². The number of carbonyl (C=O) groups is 2. The van der Waals surface area contributed by atoms with Crippen molar-refractivity contribution in [3.8, 4) is 0 Å². The Balaban J connectivity index is 0.00000312. The summed E-state index contributed by atoms with van der Waals surface area (Å²) in [6.45, 7) is 3.49. The van der Waals surface area contributed by atoms with Crippen molar-refractivity contribution in [1.29, 1.82) is 0 Å². The van der Waals surface area contributed by atoms with Crippen molar-refractivity contribution >= 4 is 24.1 Å². The van der Waals surface area contributed by atoms with Crippen molar-refractivity contribution in [3.05, 3.63) is 35.4 Å². The number of halogens is 1. The molecule has 2 rings (SSSR count). The van der Waals surface area contributed by atoms with Crippen LogP contribution in [-0.4, -0.2) is 35.7 Å². The third-order valence-electron chi connectivity index (χ3n) is 4.88. The lowest BCUT2D eigenvalue weighted by molar-refractivity contribution is -0.131. The van der Waals surface area contributed by atoms with Gasteiger partial charge in [-0.1, -0.05) is 44.0 Å². The first-order valence-corrected chi connectivity index (χ1v) is 9.27. The zero-order valence-corrected chi connectivity index (χ0v) is 16.0. The Kier molecular flexibility index (Phi) is 9.76. The normalized spacial score (nSPS) is 16.6. The highest BCUT2D eigenvalue weighted by Crippen LogP contribution is 2.18. The topological polar surface area (TPSA) is 63.4 Å². The number of hydrogen-bond acceptors (Lipinski definition) is 3. The summed E-state index contributed by atoms with van der Waals surface area (Å²) in [6, 6.07) is 8.03. The summed E-state index contributed by atoms with van der Waals surface area (Å²) in [5, 5.41) is 0. The van der Waals surface area contributed by atoms with Gasteiger partial charge < -0.3 is 10.6 Å². The fourth-order valence-electron chi connectivity index (χ4n) is 3.35. The highest BCUT2D eigenvalue weighted by molar-refractivity contribution is 5.98. The van der Waals surface area contributed by atoms with Gasteiger partial charge >= 0.3 is 0 Å². The van der Waals surface area contributed by atoms with E-state index in [0.29, 0.717) is 12.1 Å². The standard InChI is InChI=1S/C20H30N2O2.ClH/c1-2-3-4-6-16-8-10-17(11-9-16)19(23)12-13-20(24)22-14-5-7-18(22)15-21;/h8-11,18H,2-7,12-15,21H2,1H3;1H. The fraction of sp³-hybridized carbons (Fsp3) is 0.600. The molecule has 1 aromatic carbocycles. The number of Topliss-reactive ketones (excluding diaryl/α,β-unsaturated/α-hetero) is 1. The molecule has 1 heterocycles. The van der Waals surface area contributed by atoms with Gasteiger partial charge in [-0.3, -0.25) is 9.59 Å². The summed E-state index contributed by atoms with van der Waals surface area (Å²) in [5.74, 6) is 0.111. The Morgan fingerprint density at radius 2 is 1.88 bits per heavy atom. The zero-order chi connectivity index (χ0) is 17.4. The van der Waals surface area contributed by atoms with E-state index >= 15 is 0 Å². The van der Waals surface area contributed by atoms with E-state index in [1.807, 2.05) is 29.2 Å². The second-order valence-electron chi connectivity index (χ2n) is 6.70. The Hall–Kier alpha value is -1.39. The largest absolute Gasteiger partial charge is 0.338 e. The van der Waals surface area contributed by atoms with Gasteiger partial charge in [-0.2, -0.15) is 0 Å². The van der Waals surface area contributed by atoms with Crippen LogP contribution in [0.5, 0.6) is 0 Å². The lowest BCUT2D eigenvalue weighted by Crippen LogP contribution is -2.39. The van der Waals surface area contributed by atoms with Crippen LogP contribution in [0.2, 0.25) is 0 Å². The van der Waals surface area contributed by atoms with Gasteiger partial charge in [-0.05, 0) is 31.2 Å². The van der Waals surface area contributed by atoms with E-state index in [4.69, 9.17) is 5.73 Å². The summed E-state index contributed by atoms with van der Waals surface area (Å²) < 4.78 is 0. The molecule has 1 fully saturated rings. The minimum Gasteiger partial charge on any atom is -0.338 e. The first kappa shape index (κ1) is 21.7. The number of likely N-dealkylation sites (tertiary alicyclic amines) is 1. The van der Waals surface area contributed by atoms with Crippen molar-refractivity contribution in [3.63, 3.8) is 0 Å². The lowest BCUT2D eigenvalue weighted by Gasteiger charge is -2.23. The molecular weight excluding hydrogens is 336 g/mol. The predicted octanol–water partition coefficient (Wildman–Crippen LogP) is 3.75. The summed E-state index contributed by atoms with van der Waals surface area (Å²) in [6.07, 6.45) is 7.27. The van der Waals surface area contributed by atoms with Gasteiger partial charge in [0.2, 0.25) is 5.91 Å². The molecule has 1 aliphatic rings. The molecule has 0 saturated carbocycles. The van der Waals surface area contributed by atoms with Crippen LogP contribution in [0.4, 0.5) is 0 Å². The Morgan fingerprint density at radius 1 is 1.16 bits per heavy atom. The van der Waals surface area contributed by atoms with Gasteiger partial charge in [-0.15, -0.1) is 12.4 Å². The molecule has 0 aromatic heterocycles. The predicted molar refractivity (Wildman–Crippen MR) is 104 cm³/mol. The van der Waals surface area contributed by atoms with Crippen LogP contribution >= 0.6 is 12.4 Å². The number of nitrogens with zero attached hydrogens (tertiary/aromatic N) is 1. The second-order valence-corrected chi connectivity index (χ2v) is 6.70. The summed E-state index contributed by atoms with van der Waals surface area (Å²) >= 11 is 0. The molecule has 0 radical (unpaired) electrons. The van der Waals surface area contributed by atoms with Gasteiger partial charge in [0, 0.05) is 37.5 Å². The number of unbranched alkanes of at least 4 members (excludes halogenated alkanes) is 2. The minimum atomic E-state index is 0. The quantitative estimate of drug-likeness (QED) is 0.534. The van der Waals surface area contributed by atoms with Gasteiger partial charge in [0.15, 0.2) is 5.78 Å². The van der Waals surface area contributed by atoms with E-state index in [1.54, 1.807) is 0 Å². The molecule has 1 unspecified atom stereocenters. The van der Waals surface area contributed by atoms with Crippen molar-refractivity contribution < 1.29 is 9.59 Å². The number of ketones is 1. The molecule has 1 aliphatic heterocycles. The number of nitrogens with two attached hydrogens (primary N) is 1. The molecule has 2 N–H and O–H groups in total. The number of hydrogen-bond donors (Lipinski definition) is 1. The van der Waals surface area contributed by atoms with E-state index < -0.39 is 0 Å². The van der Waals surface area contributed by atoms with Crippen LogP contribution in [0.3, 0.4) is 0 Å². The molecule has 1 amide bonds. The van der Waals surface area contributed by atoms with Crippen molar-refractivity contribution in [1.82, 2.24) is 4.90 Å². The van der Waals surface area contributed by atoms with Gasteiger partial charge in [0.05, 0.1) is 0 Å². The Labute approximate surface area is 157 Å². The summed E-state index contributed by atoms with van der Waals surface area (Å²) in [7, 11) is 0.